The van der Waals surface area contributed by atoms with E-state index in [1.165, 1.54) is 6.08 Å². The van der Waals surface area contributed by atoms with Gasteiger partial charge in [-0.2, -0.15) is 4.72 Å². The summed E-state index contributed by atoms with van der Waals surface area (Å²) in [7, 11) is -4.47. The third-order valence-corrected chi connectivity index (χ3v) is 8.53. The van der Waals surface area contributed by atoms with Gasteiger partial charge in [-0.15, -0.1) is 6.42 Å². The number of furan rings is 1. The molecule has 0 bridgehead atoms. The number of carboxylic acids is 1. The number of benzene rings is 2. The van der Waals surface area contributed by atoms with Crippen LogP contribution in [0.15, 0.2) is 71.2 Å². The summed E-state index contributed by atoms with van der Waals surface area (Å²) in [6, 6.07) is 13.1. The minimum absolute atomic E-state index is 0.0813. The molecule has 1 amide bonds. The van der Waals surface area contributed by atoms with Gasteiger partial charge in [0.05, 0.1) is 0 Å². The van der Waals surface area contributed by atoms with Gasteiger partial charge in [0.25, 0.3) is 5.91 Å². The topological polar surface area (TPSA) is 126 Å². The zero-order chi connectivity index (χ0) is 27.7. The number of allylic oxidation sites excluding steroid dienone is 2. The highest BCUT2D eigenvalue weighted by Crippen LogP contribution is 2.33. The third-order valence-electron chi connectivity index (χ3n) is 6.60. The molecule has 0 saturated heterocycles. The first kappa shape index (κ1) is 26.9. The Balaban J connectivity index is 1.76. The third kappa shape index (κ3) is 4.88. The van der Waals surface area contributed by atoms with Crippen molar-refractivity contribution in [3.8, 4) is 12.3 Å². The van der Waals surface area contributed by atoms with Gasteiger partial charge in [-0.3, -0.25) is 9.59 Å². The number of carbonyl (C=O) groups excluding carboxylic acids is 1. The van der Waals surface area contributed by atoms with Crippen molar-refractivity contribution in [3.05, 3.63) is 89.2 Å². The summed E-state index contributed by atoms with van der Waals surface area (Å²) >= 11 is 0. The van der Waals surface area contributed by atoms with E-state index >= 15 is 0 Å². The highest BCUT2D eigenvalue weighted by Gasteiger charge is 2.46. The van der Waals surface area contributed by atoms with Gasteiger partial charge < -0.3 is 14.8 Å². The van der Waals surface area contributed by atoms with E-state index in [2.05, 4.69) is 16.0 Å². The highest BCUT2D eigenvalue weighted by molar-refractivity contribution is 7.91. The molecule has 38 heavy (non-hydrogen) atoms. The van der Waals surface area contributed by atoms with Crippen LogP contribution in [0.3, 0.4) is 0 Å². The smallest absolute Gasteiger partial charge is 0.321 e. The van der Waals surface area contributed by atoms with Crippen molar-refractivity contribution < 1.29 is 27.5 Å². The van der Waals surface area contributed by atoms with Crippen molar-refractivity contribution in [1.29, 1.82) is 0 Å². The average Bonchev–Trinajstić information content (AvgIpc) is 3.24. The van der Waals surface area contributed by atoms with Crippen LogP contribution >= 0.6 is 0 Å². The molecule has 196 valence electrons. The highest BCUT2D eigenvalue weighted by atomic mass is 32.2. The Bertz CT molecular complexity index is 1610. The Kier molecular flexibility index (Phi) is 7.31. The number of sulfonamides is 1. The van der Waals surface area contributed by atoms with Gasteiger partial charge >= 0.3 is 5.97 Å². The molecule has 2 aromatic carbocycles. The van der Waals surface area contributed by atoms with Crippen molar-refractivity contribution in [2.75, 3.05) is 0 Å². The number of rotatable bonds is 8. The van der Waals surface area contributed by atoms with E-state index in [-0.39, 0.29) is 12.2 Å². The van der Waals surface area contributed by atoms with Crippen LogP contribution in [0.5, 0.6) is 0 Å². The fraction of sp³-hybridized carbons (Fsp3) is 0.241. The molecular formula is C29H28N2O6S. The van der Waals surface area contributed by atoms with Crippen LogP contribution in [0.1, 0.15) is 47.5 Å². The van der Waals surface area contributed by atoms with Crippen LogP contribution in [0.25, 0.3) is 16.5 Å². The molecule has 0 aliphatic heterocycles. The van der Waals surface area contributed by atoms with Crippen molar-refractivity contribution in [3.63, 3.8) is 0 Å². The average molecular weight is 533 g/mol. The van der Waals surface area contributed by atoms with E-state index in [4.69, 9.17) is 10.8 Å². The second-order valence-electron chi connectivity index (χ2n) is 9.47. The van der Waals surface area contributed by atoms with Gasteiger partial charge in [-0.1, -0.05) is 68.3 Å². The first-order valence-electron chi connectivity index (χ1n) is 12.0. The summed E-state index contributed by atoms with van der Waals surface area (Å²) in [6.45, 7) is 4.86. The van der Waals surface area contributed by atoms with Crippen molar-refractivity contribution in [1.82, 2.24) is 10.0 Å². The summed E-state index contributed by atoms with van der Waals surface area (Å²) in [5.41, 5.74) is 3.05. The van der Waals surface area contributed by atoms with Crippen molar-refractivity contribution in [2.45, 2.75) is 38.1 Å². The van der Waals surface area contributed by atoms with Gasteiger partial charge in [0, 0.05) is 22.9 Å². The van der Waals surface area contributed by atoms with Crippen LogP contribution < -0.4 is 10.0 Å². The summed E-state index contributed by atoms with van der Waals surface area (Å²) in [6.07, 6.45) is 10.1. The Hall–Kier alpha value is -4.13. The number of hydrogen-bond acceptors (Lipinski definition) is 5. The molecule has 1 unspecified atom stereocenters. The van der Waals surface area contributed by atoms with Crippen LogP contribution in [0.2, 0.25) is 0 Å². The van der Waals surface area contributed by atoms with Crippen LogP contribution in [-0.4, -0.2) is 36.3 Å². The second-order valence-corrected chi connectivity index (χ2v) is 11.4. The maximum atomic E-state index is 13.8. The Morgan fingerprint density at radius 2 is 1.84 bits per heavy atom. The summed E-state index contributed by atoms with van der Waals surface area (Å²) in [5.74, 6) is -0.150. The van der Waals surface area contributed by atoms with Crippen molar-refractivity contribution in [2.24, 2.45) is 5.92 Å². The number of fused-ring (bicyclic) bond motifs is 1. The molecule has 1 aliphatic carbocycles. The minimum atomic E-state index is -4.47. The van der Waals surface area contributed by atoms with Gasteiger partial charge in [0.15, 0.2) is 10.6 Å². The number of amides is 1. The maximum absolute atomic E-state index is 13.8. The summed E-state index contributed by atoms with van der Waals surface area (Å²) in [4.78, 5) is 23.4. The Labute approximate surface area is 221 Å². The lowest BCUT2D eigenvalue weighted by atomic mass is 9.96. The quantitative estimate of drug-likeness (QED) is 0.373. The lowest BCUT2D eigenvalue weighted by Gasteiger charge is -2.34. The minimum Gasteiger partial charge on any atom is -0.480 e. The molecule has 0 fully saturated rings. The lowest BCUT2D eigenvalue weighted by molar-refractivity contribution is -0.140. The van der Waals surface area contributed by atoms with E-state index in [1.54, 1.807) is 51.1 Å². The number of aryl methyl sites for hydroxylation is 1. The number of aliphatic carboxylic acids is 1. The second kappa shape index (κ2) is 10.3. The van der Waals surface area contributed by atoms with E-state index in [0.29, 0.717) is 22.1 Å². The molecule has 0 spiro atoms. The number of hydrogen-bond donors (Lipinski definition) is 3. The molecule has 9 heteroatoms. The molecule has 0 radical (unpaired) electrons. The fourth-order valence-corrected chi connectivity index (χ4v) is 6.15. The Morgan fingerprint density at radius 3 is 2.42 bits per heavy atom. The summed E-state index contributed by atoms with van der Waals surface area (Å²) < 4.78 is 35.6. The van der Waals surface area contributed by atoms with Gasteiger partial charge in [0.2, 0.25) is 10.0 Å². The van der Waals surface area contributed by atoms with Gasteiger partial charge in [-0.25, -0.2) is 8.42 Å². The molecule has 1 aliphatic rings. The van der Waals surface area contributed by atoms with E-state index in [0.717, 1.165) is 11.1 Å². The molecular weight excluding hydrogens is 504 g/mol. The fourth-order valence-electron chi connectivity index (χ4n) is 4.46. The van der Waals surface area contributed by atoms with Crippen LogP contribution in [0, 0.1) is 25.2 Å². The lowest BCUT2D eigenvalue weighted by Crippen LogP contribution is -2.60. The molecule has 3 aromatic rings. The summed E-state index contributed by atoms with van der Waals surface area (Å²) in [5, 5.41) is 12.8. The zero-order valence-corrected chi connectivity index (χ0v) is 22.0. The van der Waals surface area contributed by atoms with Crippen LogP contribution in [-0.2, 0) is 14.8 Å². The van der Waals surface area contributed by atoms with Gasteiger partial charge in [0.1, 0.15) is 11.6 Å². The first-order chi connectivity index (χ1) is 18.0. The first-order valence-corrected chi connectivity index (χ1v) is 13.5. The Morgan fingerprint density at radius 1 is 1.13 bits per heavy atom. The molecule has 0 saturated carbocycles. The van der Waals surface area contributed by atoms with Crippen LogP contribution in [0.4, 0.5) is 0 Å². The molecule has 4 rings (SSSR count). The number of terminal acetylenes is 1. The van der Waals surface area contributed by atoms with E-state index < -0.39 is 38.7 Å². The predicted molar refractivity (Wildman–Crippen MR) is 146 cm³/mol. The molecule has 8 nitrogen and oxygen atoms in total. The predicted octanol–water partition coefficient (Wildman–Crippen LogP) is 4.22. The van der Waals surface area contributed by atoms with Gasteiger partial charge in [-0.05, 0) is 42.2 Å². The number of nitrogens with one attached hydrogen (secondary N) is 2. The maximum Gasteiger partial charge on any atom is 0.321 e. The number of carbonyl (C=O) groups is 2. The SMILES string of the molecule is C#Cc1cccc2oc(C(=O)NC3(S(=O)(=O)N[C@H](C(=O)O)C(C)C)C=CC(c4ccccc4)=CC3)c(C)c12. The van der Waals surface area contributed by atoms with E-state index in [9.17, 15) is 23.1 Å². The number of carboxylic acid groups (broad SMARTS) is 1. The zero-order valence-electron chi connectivity index (χ0n) is 21.2. The van der Waals surface area contributed by atoms with E-state index in [1.807, 2.05) is 30.3 Å². The molecule has 1 aromatic heterocycles. The monoisotopic (exact) mass is 532 g/mol. The standard InChI is InChI=1S/C29H28N2O6S/c1-5-20-12-9-13-23-24(20)19(4)26(37-23)27(32)30-29(38(35,36)31-25(18(2)3)28(33)34)16-14-22(15-17-29)21-10-7-6-8-11-21/h1,6-16,18,25,31H,17H2,2-4H3,(H,30,32)(H,33,34)/t25-,29?/m0/s1. The molecule has 1 heterocycles. The molecule has 2 atom stereocenters. The normalized spacial score (nSPS) is 18.1. The largest absolute Gasteiger partial charge is 0.480 e. The van der Waals surface area contributed by atoms with Crippen molar-refractivity contribution >= 4 is 38.4 Å². The molecule has 3 N–H and O–H groups in total.